The Balaban J connectivity index is 1.59. The fourth-order valence-corrected chi connectivity index (χ4v) is 2.53. The summed E-state index contributed by atoms with van der Waals surface area (Å²) in [4.78, 5) is 0. The molecule has 0 N–H and O–H groups in total. The van der Waals surface area contributed by atoms with Crippen LogP contribution in [0.3, 0.4) is 0 Å². The van der Waals surface area contributed by atoms with E-state index in [0.29, 0.717) is 25.5 Å². The largest absolute Gasteiger partial charge is 0.491 e. The second-order valence-corrected chi connectivity index (χ2v) is 5.27. The molecule has 1 aliphatic rings. The summed E-state index contributed by atoms with van der Waals surface area (Å²) in [6.07, 6.45) is 1.69. The molecule has 0 saturated heterocycles. The van der Waals surface area contributed by atoms with Crippen LogP contribution in [0.4, 0.5) is 4.39 Å². The molecule has 2 heterocycles. The predicted octanol–water partition coefficient (Wildman–Crippen LogP) is 3.06. The molecule has 6 heteroatoms. The van der Waals surface area contributed by atoms with E-state index in [1.807, 2.05) is 22.8 Å². The average Bonchev–Trinajstić information content (AvgIpc) is 2.97. The Morgan fingerprint density at radius 2 is 2.04 bits per heavy atom. The minimum atomic E-state index is -0.254. The Labute approximate surface area is 132 Å². The first kappa shape index (κ1) is 13.8. The van der Waals surface area contributed by atoms with Gasteiger partial charge in [0, 0.05) is 0 Å². The molecule has 3 aromatic rings. The lowest BCUT2D eigenvalue weighted by Crippen LogP contribution is -2.04. The minimum absolute atomic E-state index is 0.254. The van der Waals surface area contributed by atoms with Crippen LogP contribution in [0.25, 0.3) is 11.4 Å². The zero-order chi connectivity index (χ0) is 15.6. The molecule has 0 bridgehead atoms. The monoisotopic (exact) mass is 311 g/mol. The lowest BCUT2D eigenvalue weighted by atomic mass is 10.1. The van der Waals surface area contributed by atoms with Gasteiger partial charge in [-0.05, 0) is 35.9 Å². The van der Waals surface area contributed by atoms with E-state index in [4.69, 9.17) is 9.47 Å². The SMILES string of the molecule is Fc1ccc(COc2ccc3c(c2)-c2nncn2CCO3)cc1. The molecule has 0 aliphatic carbocycles. The van der Waals surface area contributed by atoms with Crippen LogP contribution in [0.2, 0.25) is 0 Å². The molecule has 23 heavy (non-hydrogen) atoms. The van der Waals surface area contributed by atoms with E-state index in [-0.39, 0.29) is 5.82 Å². The maximum Gasteiger partial charge on any atom is 0.167 e. The smallest absolute Gasteiger partial charge is 0.167 e. The molecular formula is C17H14FN3O2. The molecule has 5 nitrogen and oxygen atoms in total. The molecule has 1 aromatic heterocycles. The van der Waals surface area contributed by atoms with E-state index in [0.717, 1.165) is 22.7 Å². The Morgan fingerprint density at radius 1 is 1.17 bits per heavy atom. The molecule has 0 unspecified atom stereocenters. The summed E-state index contributed by atoms with van der Waals surface area (Å²) in [7, 11) is 0. The molecule has 0 saturated carbocycles. The summed E-state index contributed by atoms with van der Waals surface area (Å²) in [5.74, 6) is 1.99. The van der Waals surface area contributed by atoms with Crippen molar-refractivity contribution in [2.75, 3.05) is 6.61 Å². The Kier molecular flexibility index (Phi) is 3.42. The third-order valence-corrected chi connectivity index (χ3v) is 3.72. The van der Waals surface area contributed by atoms with E-state index >= 15 is 0 Å². The van der Waals surface area contributed by atoms with Gasteiger partial charge in [0.15, 0.2) is 5.82 Å². The van der Waals surface area contributed by atoms with Gasteiger partial charge in [-0.1, -0.05) is 12.1 Å². The lowest BCUT2D eigenvalue weighted by molar-refractivity contribution is 0.299. The van der Waals surface area contributed by atoms with Gasteiger partial charge < -0.3 is 14.0 Å². The third kappa shape index (κ3) is 2.75. The summed E-state index contributed by atoms with van der Waals surface area (Å²) in [5.41, 5.74) is 1.76. The molecule has 2 aromatic carbocycles. The molecule has 1 aliphatic heterocycles. The van der Waals surface area contributed by atoms with Crippen molar-refractivity contribution in [1.29, 1.82) is 0 Å². The van der Waals surface area contributed by atoms with Crippen molar-refractivity contribution < 1.29 is 13.9 Å². The number of hydrogen-bond donors (Lipinski definition) is 0. The van der Waals surface area contributed by atoms with Gasteiger partial charge in [-0.15, -0.1) is 10.2 Å². The predicted molar refractivity (Wildman–Crippen MR) is 81.7 cm³/mol. The zero-order valence-electron chi connectivity index (χ0n) is 12.3. The summed E-state index contributed by atoms with van der Waals surface area (Å²) >= 11 is 0. The fourth-order valence-electron chi connectivity index (χ4n) is 2.53. The van der Waals surface area contributed by atoms with E-state index < -0.39 is 0 Å². The van der Waals surface area contributed by atoms with Crippen molar-refractivity contribution in [2.45, 2.75) is 13.2 Å². The summed E-state index contributed by atoms with van der Waals surface area (Å²) in [6.45, 7) is 1.66. The van der Waals surface area contributed by atoms with Gasteiger partial charge in [-0.2, -0.15) is 0 Å². The highest BCUT2D eigenvalue weighted by atomic mass is 19.1. The number of ether oxygens (including phenoxy) is 2. The number of halogens is 1. The van der Waals surface area contributed by atoms with Crippen molar-refractivity contribution in [1.82, 2.24) is 14.8 Å². The second kappa shape index (κ2) is 5.72. The number of aromatic nitrogens is 3. The number of rotatable bonds is 3. The van der Waals surface area contributed by atoms with Crippen molar-refractivity contribution in [3.8, 4) is 22.9 Å². The van der Waals surface area contributed by atoms with Crippen LogP contribution in [0.15, 0.2) is 48.8 Å². The van der Waals surface area contributed by atoms with Gasteiger partial charge >= 0.3 is 0 Å². The van der Waals surface area contributed by atoms with Crippen LogP contribution >= 0.6 is 0 Å². The molecule has 116 valence electrons. The van der Waals surface area contributed by atoms with E-state index in [2.05, 4.69) is 10.2 Å². The average molecular weight is 311 g/mol. The van der Waals surface area contributed by atoms with Crippen LogP contribution in [0.1, 0.15) is 5.56 Å². The van der Waals surface area contributed by atoms with Gasteiger partial charge in [-0.3, -0.25) is 0 Å². The molecule has 0 atom stereocenters. The quantitative estimate of drug-likeness (QED) is 0.746. The lowest BCUT2D eigenvalue weighted by Gasteiger charge is -2.10. The Morgan fingerprint density at radius 3 is 2.91 bits per heavy atom. The normalized spacial score (nSPS) is 12.7. The van der Waals surface area contributed by atoms with Crippen LogP contribution in [-0.2, 0) is 13.2 Å². The van der Waals surface area contributed by atoms with Crippen molar-refractivity contribution >= 4 is 0 Å². The molecule has 0 fully saturated rings. The molecule has 4 rings (SSSR count). The first-order valence-electron chi connectivity index (χ1n) is 7.32. The summed E-state index contributed by atoms with van der Waals surface area (Å²) < 4.78 is 26.4. The van der Waals surface area contributed by atoms with Crippen LogP contribution in [0.5, 0.6) is 11.5 Å². The standard InChI is InChI=1S/C17H14FN3O2/c18-13-3-1-12(2-4-13)10-23-14-5-6-16-15(9-14)17-20-19-11-21(17)7-8-22-16/h1-6,9,11H,7-8,10H2. The zero-order valence-corrected chi connectivity index (χ0v) is 12.3. The van der Waals surface area contributed by atoms with Gasteiger partial charge in [0.25, 0.3) is 0 Å². The van der Waals surface area contributed by atoms with Crippen molar-refractivity contribution in [3.05, 3.63) is 60.2 Å². The van der Waals surface area contributed by atoms with Gasteiger partial charge in [0.2, 0.25) is 0 Å². The van der Waals surface area contributed by atoms with Crippen molar-refractivity contribution in [3.63, 3.8) is 0 Å². The molecule has 0 spiro atoms. The number of benzene rings is 2. The molecular weight excluding hydrogens is 297 g/mol. The highest BCUT2D eigenvalue weighted by Crippen LogP contribution is 2.34. The number of nitrogens with zero attached hydrogens (tertiary/aromatic N) is 3. The summed E-state index contributed by atoms with van der Waals surface area (Å²) in [6, 6.07) is 11.9. The van der Waals surface area contributed by atoms with Crippen LogP contribution < -0.4 is 9.47 Å². The maximum absolute atomic E-state index is 12.9. The fraction of sp³-hybridized carbons (Fsp3) is 0.176. The van der Waals surface area contributed by atoms with Gasteiger partial charge in [-0.25, -0.2) is 4.39 Å². The first-order valence-corrected chi connectivity index (χ1v) is 7.32. The van der Waals surface area contributed by atoms with Crippen LogP contribution in [-0.4, -0.2) is 21.4 Å². The van der Waals surface area contributed by atoms with Gasteiger partial charge in [0.1, 0.15) is 36.9 Å². The Bertz CT molecular complexity index is 830. The molecule has 0 amide bonds. The summed E-state index contributed by atoms with van der Waals surface area (Å²) in [5, 5.41) is 8.12. The highest BCUT2D eigenvalue weighted by Gasteiger charge is 2.17. The second-order valence-electron chi connectivity index (χ2n) is 5.27. The number of fused-ring (bicyclic) bond motifs is 3. The number of hydrogen-bond acceptors (Lipinski definition) is 4. The van der Waals surface area contributed by atoms with Gasteiger partial charge in [0.05, 0.1) is 12.1 Å². The minimum Gasteiger partial charge on any atom is -0.491 e. The molecule has 0 radical (unpaired) electrons. The first-order chi connectivity index (χ1) is 11.3. The van der Waals surface area contributed by atoms with Crippen molar-refractivity contribution in [2.24, 2.45) is 0 Å². The van der Waals surface area contributed by atoms with E-state index in [1.165, 1.54) is 12.1 Å². The highest BCUT2D eigenvalue weighted by molar-refractivity contribution is 5.66. The third-order valence-electron chi connectivity index (χ3n) is 3.72. The topological polar surface area (TPSA) is 49.2 Å². The maximum atomic E-state index is 12.9. The van der Waals surface area contributed by atoms with E-state index in [1.54, 1.807) is 18.5 Å². The van der Waals surface area contributed by atoms with E-state index in [9.17, 15) is 4.39 Å². The van der Waals surface area contributed by atoms with Crippen LogP contribution in [0, 0.1) is 5.82 Å². The Hall–Kier alpha value is -2.89.